The van der Waals surface area contributed by atoms with E-state index in [0.29, 0.717) is 31.6 Å². The number of aromatic amines is 1. The highest BCUT2D eigenvalue weighted by Crippen LogP contribution is 2.19. The Bertz CT molecular complexity index is 632. The van der Waals surface area contributed by atoms with Crippen LogP contribution in [0.25, 0.3) is 10.9 Å². The highest BCUT2D eigenvalue weighted by atomic mass is 16.2. The number of benzene rings is 1. The molecule has 2 amide bonds. The van der Waals surface area contributed by atoms with E-state index in [-0.39, 0.29) is 11.8 Å². The maximum absolute atomic E-state index is 12.5. The number of rotatable bonds is 1. The van der Waals surface area contributed by atoms with Crippen LogP contribution in [0.15, 0.2) is 30.5 Å². The maximum Gasteiger partial charge on any atom is 0.254 e. The molecule has 0 radical (unpaired) electrons. The van der Waals surface area contributed by atoms with Crippen LogP contribution in [0, 0.1) is 0 Å². The van der Waals surface area contributed by atoms with Gasteiger partial charge in [-0.3, -0.25) is 9.59 Å². The van der Waals surface area contributed by atoms with Crippen molar-refractivity contribution in [3.05, 3.63) is 36.0 Å². The molecule has 1 aromatic heterocycles. The van der Waals surface area contributed by atoms with Crippen molar-refractivity contribution < 1.29 is 9.59 Å². The number of carbonyl (C=O) groups excluding carboxylic acids is 2. The Labute approximate surface area is 110 Å². The average molecular weight is 257 g/mol. The summed E-state index contributed by atoms with van der Waals surface area (Å²) >= 11 is 0. The van der Waals surface area contributed by atoms with Gasteiger partial charge in [-0.05, 0) is 18.2 Å². The zero-order valence-electron chi connectivity index (χ0n) is 10.5. The Kier molecular flexibility index (Phi) is 2.95. The number of amides is 2. The first-order valence-electron chi connectivity index (χ1n) is 6.38. The van der Waals surface area contributed by atoms with Crippen molar-refractivity contribution in [3.63, 3.8) is 0 Å². The van der Waals surface area contributed by atoms with Crippen LogP contribution in [0.3, 0.4) is 0 Å². The number of hydrogen-bond donors (Lipinski definition) is 2. The lowest BCUT2D eigenvalue weighted by molar-refractivity contribution is -0.120. The molecule has 2 aromatic rings. The predicted octanol–water partition coefficient (Wildman–Crippen LogP) is 1.13. The van der Waals surface area contributed by atoms with Crippen LogP contribution in [-0.2, 0) is 4.79 Å². The summed E-state index contributed by atoms with van der Waals surface area (Å²) in [7, 11) is 0. The fourth-order valence-corrected chi connectivity index (χ4v) is 2.41. The molecular formula is C14H15N3O2. The van der Waals surface area contributed by atoms with Crippen LogP contribution in [0.2, 0.25) is 0 Å². The molecule has 0 aliphatic carbocycles. The summed E-state index contributed by atoms with van der Waals surface area (Å²) in [6, 6.07) is 7.55. The molecule has 1 saturated heterocycles. The van der Waals surface area contributed by atoms with E-state index in [0.717, 1.165) is 10.9 Å². The minimum Gasteiger partial charge on any atom is -0.361 e. The molecule has 3 rings (SSSR count). The summed E-state index contributed by atoms with van der Waals surface area (Å²) in [5.41, 5.74) is 1.64. The molecule has 0 spiro atoms. The van der Waals surface area contributed by atoms with Gasteiger partial charge in [-0.2, -0.15) is 0 Å². The van der Waals surface area contributed by atoms with Gasteiger partial charge in [0.2, 0.25) is 5.91 Å². The second-order valence-corrected chi connectivity index (χ2v) is 4.64. The smallest absolute Gasteiger partial charge is 0.254 e. The summed E-state index contributed by atoms with van der Waals surface area (Å²) in [5.74, 6) is -0.00291. The maximum atomic E-state index is 12.5. The lowest BCUT2D eigenvalue weighted by atomic mass is 10.1. The minimum atomic E-state index is -0.0123. The minimum absolute atomic E-state index is 0.00940. The first-order chi connectivity index (χ1) is 9.25. The summed E-state index contributed by atoms with van der Waals surface area (Å²) in [6.45, 7) is 1.56. The van der Waals surface area contributed by atoms with Gasteiger partial charge in [0.25, 0.3) is 5.91 Å². The Balaban J connectivity index is 1.91. The molecule has 0 saturated carbocycles. The molecule has 2 N–H and O–H groups in total. The van der Waals surface area contributed by atoms with Crippen molar-refractivity contribution in [3.8, 4) is 0 Å². The van der Waals surface area contributed by atoms with E-state index < -0.39 is 0 Å². The highest BCUT2D eigenvalue weighted by molar-refractivity contribution is 6.06. The fourth-order valence-electron chi connectivity index (χ4n) is 2.41. The summed E-state index contributed by atoms with van der Waals surface area (Å²) in [4.78, 5) is 28.7. The SMILES string of the molecule is O=C1CCN(C(=O)c2cccc3[nH]ccc23)CCN1. The van der Waals surface area contributed by atoms with Crippen LogP contribution in [0.1, 0.15) is 16.8 Å². The Morgan fingerprint density at radius 2 is 2.11 bits per heavy atom. The lowest BCUT2D eigenvalue weighted by Gasteiger charge is -2.19. The Morgan fingerprint density at radius 1 is 1.21 bits per heavy atom. The standard InChI is InChI=1S/C14H15N3O2/c18-13-5-8-17(9-7-16-13)14(19)11-2-1-3-12-10(11)4-6-15-12/h1-4,6,15H,5,7-9H2,(H,16,18). The normalized spacial score (nSPS) is 16.2. The fraction of sp³-hybridized carbons (Fsp3) is 0.286. The number of nitrogens with one attached hydrogen (secondary N) is 2. The number of fused-ring (bicyclic) bond motifs is 1. The number of nitrogens with zero attached hydrogens (tertiary/aromatic N) is 1. The monoisotopic (exact) mass is 257 g/mol. The summed E-state index contributed by atoms with van der Waals surface area (Å²) in [6.07, 6.45) is 2.20. The van der Waals surface area contributed by atoms with E-state index in [1.54, 1.807) is 4.90 Å². The molecule has 0 unspecified atom stereocenters. The van der Waals surface area contributed by atoms with Crippen molar-refractivity contribution in [2.45, 2.75) is 6.42 Å². The zero-order chi connectivity index (χ0) is 13.2. The summed E-state index contributed by atoms with van der Waals surface area (Å²) in [5, 5.41) is 3.70. The van der Waals surface area contributed by atoms with E-state index in [1.807, 2.05) is 30.5 Å². The third-order valence-electron chi connectivity index (χ3n) is 3.43. The van der Waals surface area contributed by atoms with E-state index in [1.165, 1.54) is 0 Å². The van der Waals surface area contributed by atoms with E-state index in [9.17, 15) is 9.59 Å². The molecule has 1 aliphatic rings. The van der Waals surface area contributed by atoms with Gasteiger partial charge in [0.05, 0.1) is 0 Å². The van der Waals surface area contributed by atoms with Crippen LogP contribution in [0.5, 0.6) is 0 Å². The molecule has 0 atom stereocenters. The third-order valence-corrected chi connectivity index (χ3v) is 3.43. The molecule has 98 valence electrons. The molecule has 1 aromatic carbocycles. The Hall–Kier alpha value is -2.30. The highest BCUT2D eigenvalue weighted by Gasteiger charge is 2.21. The van der Waals surface area contributed by atoms with Gasteiger partial charge >= 0.3 is 0 Å². The van der Waals surface area contributed by atoms with Crippen molar-refractivity contribution in [1.29, 1.82) is 0 Å². The van der Waals surface area contributed by atoms with Gasteiger partial charge < -0.3 is 15.2 Å². The van der Waals surface area contributed by atoms with Gasteiger partial charge in [0.15, 0.2) is 0 Å². The average Bonchev–Trinajstić information content (AvgIpc) is 2.80. The number of aromatic nitrogens is 1. The van der Waals surface area contributed by atoms with E-state index >= 15 is 0 Å². The molecule has 5 nitrogen and oxygen atoms in total. The van der Waals surface area contributed by atoms with Gasteiger partial charge in [-0.15, -0.1) is 0 Å². The number of H-pyrrole nitrogens is 1. The molecule has 0 bridgehead atoms. The quantitative estimate of drug-likeness (QED) is 0.804. The van der Waals surface area contributed by atoms with Crippen LogP contribution >= 0.6 is 0 Å². The van der Waals surface area contributed by atoms with Crippen LogP contribution in [-0.4, -0.2) is 41.3 Å². The first-order valence-corrected chi connectivity index (χ1v) is 6.38. The van der Waals surface area contributed by atoms with Gasteiger partial charge in [0, 0.05) is 48.7 Å². The van der Waals surface area contributed by atoms with Crippen LogP contribution < -0.4 is 5.32 Å². The van der Waals surface area contributed by atoms with Gasteiger partial charge in [-0.25, -0.2) is 0 Å². The second-order valence-electron chi connectivity index (χ2n) is 4.64. The molecule has 1 fully saturated rings. The zero-order valence-corrected chi connectivity index (χ0v) is 10.5. The number of hydrogen-bond acceptors (Lipinski definition) is 2. The topological polar surface area (TPSA) is 65.2 Å². The molecule has 1 aliphatic heterocycles. The lowest BCUT2D eigenvalue weighted by Crippen LogP contribution is -2.34. The van der Waals surface area contributed by atoms with Gasteiger partial charge in [0.1, 0.15) is 0 Å². The summed E-state index contributed by atoms with van der Waals surface area (Å²) < 4.78 is 0. The first kappa shape index (κ1) is 11.8. The molecular weight excluding hydrogens is 242 g/mol. The van der Waals surface area contributed by atoms with Crippen molar-refractivity contribution >= 4 is 22.7 Å². The van der Waals surface area contributed by atoms with E-state index in [4.69, 9.17) is 0 Å². The van der Waals surface area contributed by atoms with Crippen molar-refractivity contribution in [2.75, 3.05) is 19.6 Å². The largest absolute Gasteiger partial charge is 0.361 e. The molecule has 5 heteroatoms. The second kappa shape index (κ2) is 4.76. The predicted molar refractivity (Wildman–Crippen MR) is 71.8 cm³/mol. The molecule has 19 heavy (non-hydrogen) atoms. The van der Waals surface area contributed by atoms with Crippen molar-refractivity contribution in [1.82, 2.24) is 15.2 Å². The third kappa shape index (κ3) is 2.19. The Morgan fingerprint density at radius 3 is 3.00 bits per heavy atom. The van der Waals surface area contributed by atoms with Crippen molar-refractivity contribution in [2.24, 2.45) is 0 Å². The molecule has 2 heterocycles. The van der Waals surface area contributed by atoms with Gasteiger partial charge in [-0.1, -0.05) is 6.07 Å². The van der Waals surface area contributed by atoms with E-state index in [2.05, 4.69) is 10.3 Å². The van der Waals surface area contributed by atoms with Crippen LogP contribution in [0.4, 0.5) is 0 Å². The number of carbonyl (C=O) groups is 2.